The van der Waals surface area contributed by atoms with Gasteiger partial charge in [-0.15, -0.1) is 0 Å². The normalized spacial score (nSPS) is 20.6. The lowest BCUT2D eigenvalue weighted by atomic mass is 10.0. The van der Waals surface area contributed by atoms with Crippen molar-refractivity contribution >= 4 is 29.1 Å². The zero-order valence-corrected chi connectivity index (χ0v) is 15.8. The summed E-state index contributed by atoms with van der Waals surface area (Å²) in [7, 11) is 0. The minimum atomic E-state index is -0.535. The SMILES string of the molecule is CC(C)C1=NOC(C(=O)N2CCCN(C(=O)c3ccc(Cl)cn3)CC2)C1. The van der Waals surface area contributed by atoms with Crippen molar-refractivity contribution in [3.05, 3.63) is 29.0 Å². The number of aromatic nitrogens is 1. The molecule has 1 saturated heterocycles. The quantitative estimate of drug-likeness (QED) is 0.808. The van der Waals surface area contributed by atoms with Crippen molar-refractivity contribution in [2.24, 2.45) is 11.1 Å². The smallest absolute Gasteiger partial charge is 0.272 e. The fourth-order valence-corrected chi connectivity index (χ4v) is 3.19. The van der Waals surface area contributed by atoms with E-state index in [4.69, 9.17) is 16.4 Å². The number of hydrogen-bond donors (Lipinski definition) is 0. The van der Waals surface area contributed by atoms with Crippen LogP contribution in [0.15, 0.2) is 23.5 Å². The number of halogens is 1. The Morgan fingerprint density at radius 2 is 1.92 bits per heavy atom. The molecule has 0 spiro atoms. The summed E-state index contributed by atoms with van der Waals surface area (Å²) in [4.78, 5) is 38.2. The number of nitrogens with zero attached hydrogens (tertiary/aromatic N) is 4. The molecule has 2 aliphatic rings. The molecule has 0 radical (unpaired) electrons. The highest BCUT2D eigenvalue weighted by Gasteiger charge is 2.34. The maximum absolute atomic E-state index is 12.7. The summed E-state index contributed by atoms with van der Waals surface area (Å²) >= 11 is 5.82. The van der Waals surface area contributed by atoms with E-state index in [-0.39, 0.29) is 17.7 Å². The largest absolute Gasteiger partial charge is 0.382 e. The maximum atomic E-state index is 12.7. The van der Waals surface area contributed by atoms with E-state index in [9.17, 15) is 9.59 Å². The molecule has 140 valence electrons. The molecule has 1 unspecified atom stereocenters. The highest BCUT2D eigenvalue weighted by Crippen LogP contribution is 2.19. The van der Waals surface area contributed by atoms with E-state index in [1.807, 2.05) is 13.8 Å². The van der Waals surface area contributed by atoms with Crippen molar-refractivity contribution < 1.29 is 14.4 Å². The zero-order chi connectivity index (χ0) is 18.7. The van der Waals surface area contributed by atoms with Gasteiger partial charge in [-0.05, 0) is 24.5 Å². The molecular formula is C18H23ClN4O3. The molecule has 1 aromatic heterocycles. The fourth-order valence-electron chi connectivity index (χ4n) is 3.08. The number of carbonyl (C=O) groups excluding carboxylic acids is 2. The topological polar surface area (TPSA) is 75.1 Å². The van der Waals surface area contributed by atoms with Gasteiger partial charge < -0.3 is 14.6 Å². The van der Waals surface area contributed by atoms with Crippen LogP contribution in [0.25, 0.3) is 0 Å². The summed E-state index contributed by atoms with van der Waals surface area (Å²) in [5.74, 6) is 0.0822. The highest BCUT2D eigenvalue weighted by atomic mass is 35.5. The second-order valence-corrected chi connectivity index (χ2v) is 7.30. The molecule has 0 aromatic carbocycles. The third kappa shape index (κ3) is 4.15. The zero-order valence-electron chi connectivity index (χ0n) is 15.0. The maximum Gasteiger partial charge on any atom is 0.272 e. The van der Waals surface area contributed by atoms with Crippen molar-refractivity contribution in [2.45, 2.75) is 32.8 Å². The van der Waals surface area contributed by atoms with Crippen LogP contribution >= 0.6 is 11.6 Å². The Balaban J connectivity index is 1.57. The Morgan fingerprint density at radius 3 is 2.58 bits per heavy atom. The predicted molar refractivity (Wildman–Crippen MR) is 98.1 cm³/mol. The van der Waals surface area contributed by atoms with Crippen LogP contribution in [0.1, 0.15) is 37.2 Å². The lowest BCUT2D eigenvalue weighted by Crippen LogP contribution is -2.42. The molecule has 0 saturated carbocycles. The molecule has 8 heteroatoms. The van der Waals surface area contributed by atoms with Gasteiger partial charge in [-0.25, -0.2) is 4.98 Å². The molecule has 0 bridgehead atoms. The second-order valence-electron chi connectivity index (χ2n) is 6.87. The van der Waals surface area contributed by atoms with Crippen LogP contribution in [0.4, 0.5) is 0 Å². The van der Waals surface area contributed by atoms with Gasteiger partial charge in [0.1, 0.15) is 5.69 Å². The molecule has 3 rings (SSSR count). The molecule has 7 nitrogen and oxygen atoms in total. The minimum Gasteiger partial charge on any atom is -0.382 e. The van der Waals surface area contributed by atoms with Gasteiger partial charge in [0.05, 0.1) is 10.7 Å². The first-order valence-corrected chi connectivity index (χ1v) is 9.25. The Labute approximate surface area is 157 Å². The average molecular weight is 379 g/mol. The predicted octanol–water partition coefficient (Wildman–Crippen LogP) is 2.21. The summed E-state index contributed by atoms with van der Waals surface area (Å²) in [5.41, 5.74) is 1.28. The standard InChI is InChI=1S/C18H23ClN4O3/c1-12(2)15-10-16(26-21-15)18(25)23-7-3-6-22(8-9-23)17(24)14-5-4-13(19)11-20-14/h4-5,11-12,16H,3,6-10H2,1-2H3. The summed E-state index contributed by atoms with van der Waals surface area (Å²) in [6.45, 7) is 6.22. The van der Waals surface area contributed by atoms with Gasteiger partial charge in [0.15, 0.2) is 0 Å². The Kier molecular flexibility index (Phi) is 5.76. The lowest BCUT2D eigenvalue weighted by Gasteiger charge is -2.23. The molecule has 0 aliphatic carbocycles. The van der Waals surface area contributed by atoms with Gasteiger partial charge in [-0.1, -0.05) is 30.6 Å². The number of oxime groups is 1. The fraction of sp³-hybridized carbons (Fsp3) is 0.556. The number of hydrogen-bond acceptors (Lipinski definition) is 5. The number of carbonyl (C=O) groups is 2. The lowest BCUT2D eigenvalue weighted by molar-refractivity contribution is -0.141. The van der Waals surface area contributed by atoms with Crippen LogP contribution in [-0.4, -0.2) is 64.6 Å². The van der Waals surface area contributed by atoms with E-state index in [2.05, 4.69) is 10.1 Å². The molecule has 0 N–H and O–H groups in total. The third-order valence-electron chi connectivity index (χ3n) is 4.67. The minimum absolute atomic E-state index is 0.0525. The van der Waals surface area contributed by atoms with Crippen molar-refractivity contribution in [3.8, 4) is 0 Å². The molecule has 1 fully saturated rings. The first-order valence-electron chi connectivity index (χ1n) is 8.88. The van der Waals surface area contributed by atoms with E-state index >= 15 is 0 Å². The van der Waals surface area contributed by atoms with Gasteiger partial charge in [0.25, 0.3) is 11.8 Å². The summed E-state index contributed by atoms with van der Waals surface area (Å²) in [5, 5.41) is 4.53. The monoisotopic (exact) mass is 378 g/mol. The number of amides is 2. The molecule has 2 amide bonds. The third-order valence-corrected chi connectivity index (χ3v) is 4.90. The van der Waals surface area contributed by atoms with Crippen LogP contribution in [0.3, 0.4) is 0 Å². The van der Waals surface area contributed by atoms with Crippen molar-refractivity contribution in [3.63, 3.8) is 0 Å². The van der Waals surface area contributed by atoms with Gasteiger partial charge >= 0.3 is 0 Å². The molecule has 26 heavy (non-hydrogen) atoms. The first-order chi connectivity index (χ1) is 12.5. The summed E-state index contributed by atoms with van der Waals surface area (Å²) < 4.78 is 0. The molecule has 3 heterocycles. The Morgan fingerprint density at radius 1 is 1.19 bits per heavy atom. The van der Waals surface area contributed by atoms with Gasteiger partial charge in [0.2, 0.25) is 6.10 Å². The van der Waals surface area contributed by atoms with Gasteiger partial charge in [0, 0.05) is 38.8 Å². The number of pyridine rings is 1. The van der Waals surface area contributed by atoms with Crippen molar-refractivity contribution in [2.75, 3.05) is 26.2 Å². The van der Waals surface area contributed by atoms with Crippen LogP contribution in [0.5, 0.6) is 0 Å². The van der Waals surface area contributed by atoms with E-state index in [0.29, 0.717) is 43.3 Å². The van der Waals surface area contributed by atoms with E-state index in [0.717, 1.165) is 12.1 Å². The van der Waals surface area contributed by atoms with E-state index < -0.39 is 6.10 Å². The summed E-state index contributed by atoms with van der Waals surface area (Å²) in [6.07, 6.45) is 2.19. The number of rotatable bonds is 3. The van der Waals surface area contributed by atoms with Crippen LogP contribution in [0, 0.1) is 5.92 Å². The molecule has 1 aromatic rings. The van der Waals surface area contributed by atoms with E-state index in [1.54, 1.807) is 21.9 Å². The molecule has 2 aliphatic heterocycles. The summed E-state index contributed by atoms with van der Waals surface area (Å²) in [6, 6.07) is 3.27. The Hall–Kier alpha value is -2.15. The van der Waals surface area contributed by atoms with Gasteiger partial charge in [-0.3, -0.25) is 9.59 Å². The average Bonchev–Trinajstić information content (AvgIpc) is 3.00. The van der Waals surface area contributed by atoms with E-state index in [1.165, 1.54) is 6.20 Å². The van der Waals surface area contributed by atoms with Crippen molar-refractivity contribution in [1.82, 2.24) is 14.8 Å². The molecular weight excluding hydrogens is 356 g/mol. The van der Waals surface area contributed by atoms with Crippen LogP contribution < -0.4 is 0 Å². The Bertz CT molecular complexity index is 705. The molecule has 1 atom stereocenters. The second kappa shape index (κ2) is 8.03. The van der Waals surface area contributed by atoms with Gasteiger partial charge in [-0.2, -0.15) is 0 Å². The first kappa shape index (κ1) is 18.6. The van der Waals surface area contributed by atoms with Crippen LogP contribution in [0.2, 0.25) is 5.02 Å². The van der Waals surface area contributed by atoms with Crippen molar-refractivity contribution in [1.29, 1.82) is 0 Å². The highest BCUT2D eigenvalue weighted by molar-refractivity contribution is 6.30. The van der Waals surface area contributed by atoms with Crippen LogP contribution in [-0.2, 0) is 9.63 Å².